The Kier molecular flexibility index (Phi) is 4.29. The number of aromatic nitrogens is 2. The number of rotatable bonds is 5. The van der Waals surface area contributed by atoms with Crippen molar-refractivity contribution in [2.45, 2.75) is 25.2 Å². The number of benzene rings is 1. The number of imidazole rings is 1. The minimum Gasteiger partial charge on any atom is -0.344 e. The molecule has 0 N–H and O–H groups in total. The third-order valence-corrected chi connectivity index (χ3v) is 4.02. The van der Waals surface area contributed by atoms with Gasteiger partial charge in [0, 0.05) is 11.4 Å². The third kappa shape index (κ3) is 3.64. The zero-order valence-corrected chi connectivity index (χ0v) is 12.9. The Morgan fingerprint density at radius 2 is 1.95 bits per heavy atom. The average molecular weight is 308 g/mol. The van der Waals surface area contributed by atoms with Crippen LogP contribution in [0.15, 0.2) is 43.0 Å². The van der Waals surface area contributed by atoms with Gasteiger partial charge in [0.2, 0.25) is 12.1 Å². The summed E-state index contributed by atoms with van der Waals surface area (Å²) < 4.78 is 16.0. The largest absolute Gasteiger partial charge is 0.344 e. The van der Waals surface area contributed by atoms with E-state index in [0.717, 1.165) is 17.9 Å². The van der Waals surface area contributed by atoms with Gasteiger partial charge in [0.05, 0.1) is 20.3 Å². The first-order valence-electron chi connectivity index (χ1n) is 7.19. The Balaban J connectivity index is 1.67. The van der Waals surface area contributed by atoms with E-state index in [4.69, 9.17) is 21.1 Å². The molecule has 3 rings (SSSR count). The standard InChI is InChI=1S/C16H20ClN2O2/c1-18-8-9-19(13-18)12-16(20-10-11-21-16)7-6-14-2-4-15(17)5-3-14/h2-5,8-9,13H,6-7,10-12H2,1H3/q+1. The van der Waals surface area contributed by atoms with Crippen molar-refractivity contribution >= 4 is 11.6 Å². The number of hydrogen-bond donors (Lipinski definition) is 0. The number of halogens is 1. The maximum absolute atomic E-state index is 5.92. The molecule has 2 heterocycles. The highest BCUT2D eigenvalue weighted by Crippen LogP contribution is 2.27. The monoisotopic (exact) mass is 307 g/mol. The van der Waals surface area contributed by atoms with Gasteiger partial charge in [0.1, 0.15) is 18.9 Å². The lowest BCUT2D eigenvalue weighted by atomic mass is 10.0. The molecule has 1 aromatic carbocycles. The van der Waals surface area contributed by atoms with Crippen LogP contribution in [0.3, 0.4) is 0 Å². The van der Waals surface area contributed by atoms with Crippen LogP contribution in [0.1, 0.15) is 12.0 Å². The predicted octanol–water partition coefficient (Wildman–Crippen LogP) is 2.34. The highest BCUT2D eigenvalue weighted by Gasteiger charge is 2.38. The van der Waals surface area contributed by atoms with Crippen LogP contribution in [0.5, 0.6) is 0 Å². The minimum atomic E-state index is -0.522. The van der Waals surface area contributed by atoms with Crippen LogP contribution in [0.25, 0.3) is 0 Å². The topological polar surface area (TPSA) is 27.3 Å². The molecule has 0 spiro atoms. The number of nitrogens with zero attached hydrogens (tertiary/aromatic N) is 2. The Hall–Kier alpha value is -1.36. The first kappa shape index (κ1) is 14.6. The fourth-order valence-corrected chi connectivity index (χ4v) is 2.80. The predicted molar refractivity (Wildman–Crippen MR) is 80.0 cm³/mol. The van der Waals surface area contributed by atoms with Crippen molar-refractivity contribution in [3.8, 4) is 0 Å². The van der Waals surface area contributed by atoms with E-state index in [1.54, 1.807) is 0 Å². The summed E-state index contributed by atoms with van der Waals surface area (Å²) in [5, 5.41) is 0.765. The summed E-state index contributed by atoms with van der Waals surface area (Å²) in [5.74, 6) is -0.522. The highest BCUT2D eigenvalue weighted by molar-refractivity contribution is 6.30. The molecule has 21 heavy (non-hydrogen) atoms. The van der Waals surface area contributed by atoms with Gasteiger partial charge in [-0.15, -0.1) is 0 Å². The van der Waals surface area contributed by atoms with Crippen LogP contribution in [0, 0.1) is 0 Å². The fraction of sp³-hybridized carbons (Fsp3) is 0.438. The summed E-state index contributed by atoms with van der Waals surface area (Å²) in [4.78, 5) is 0. The molecule has 2 aromatic rings. The summed E-state index contributed by atoms with van der Waals surface area (Å²) in [5.41, 5.74) is 1.25. The second-order valence-electron chi connectivity index (χ2n) is 5.49. The van der Waals surface area contributed by atoms with Crippen molar-refractivity contribution in [2.24, 2.45) is 7.05 Å². The lowest BCUT2D eigenvalue weighted by Gasteiger charge is -2.25. The van der Waals surface area contributed by atoms with Crippen molar-refractivity contribution in [1.29, 1.82) is 0 Å². The third-order valence-electron chi connectivity index (χ3n) is 3.77. The molecule has 0 saturated carbocycles. The van der Waals surface area contributed by atoms with E-state index in [0.29, 0.717) is 19.8 Å². The van der Waals surface area contributed by atoms with Crippen LogP contribution >= 0.6 is 11.6 Å². The summed E-state index contributed by atoms with van der Waals surface area (Å²) >= 11 is 5.92. The first-order chi connectivity index (χ1) is 10.2. The molecular weight excluding hydrogens is 288 g/mol. The molecule has 0 radical (unpaired) electrons. The van der Waals surface area contributed by atoms with Crippen LogP contribution in [-0.4, -0.2) is 23.6 Å². The first-order valence-corrected chi connectivity index (χ1v) is 7.56. The van der Waals surface area contributed by atoms with Gasteiger partial charge in [-0.05, 0) is 24.1 Å². The zero-order valence-electron chi connectivity index (χ0n) is 12.2. The van der Waals surface area contributed by atoms with Crippen molar-refractivity contribution in [3.63, 3.8) is 0 Å². The number of aryl methyl sites for hydroxylation is 2. The van der Waals surface area contributed by atoms with Gasteiger partial charge in [-0.3, -0.25) is 0 Å². The maximum Gasteiger partial charge on any atom is 0.243 e. The van der Waals surface area contributed by atoms with Gasteiger partial charge in [-0.1, -0.05) is 23.7 Å². The molecule has 5 heteroatoms. The van der Waals surface area contributed by atoms with E-state index < -0.39 is 5.79 Å². The van der Waals surface area contributed by atoms with Gasteiger partial charge < -0.3 is 9.47 Å². The summed E-state index contributed by atoms with van der Waals surface area (Å²) in [7, 11) is 2.01. The molecule has 0 bridgehead atoms. The Morgan fingerprint density at radius 1 is 1.24 bits per heavy atom. The Morgan fingerprint density at radius 3 is 2.57 bits per heavy atom. The lowest BCUT2D eigenvalue weighted by molar-refractivity contribution is -0.671. The van der Waals surface area contributed by atoms with Gasteiger partial charge in [-0.25, -0.2) is 9.13 Å². The molecule has 4 nitrogen and oxygen atoms in total. The Bertz CT molecular complexity index is 589. The summed E-state index contributed by atoms with van der Waals surface area (Å²) in [6.07, 6.45) is 7.83. The van der Waals surface area contributed by atoms with E-state index in [2.05, 4.69) is 16.7 Å². The molecule has 1 aliphatic heterocycles. The van der Waals surface area contributed by atoms with Crippen LogP contribution in [0.4, 0.5) is 0 Å². The normalized spacial score (nSPS) is 17.2. The maximum atomic E-state index is 5.92. The number of ether oxygens (including phenoxy) is 2. The van der Waals surface area contributed by atoms with Crippen LogP contribution in [-0.2, 0) is 29.5 Å². The van der Waals surface area contributed by atoms with E-state index in [-0.39, 0.29) is 0 Å². The minimum absolute atomic E-state index is 0.522. The lowest BCUT2D eigenvalue weighted by Crippen LogP contribution is -2.36. The van der Waals surface area contributed by atoms with Crippen molar-refractivity contribution in [3.05, 3.63) is 53.6 Å². The van der Waals surface area contributed by atoms with Gasteiger partial charge in [0.15, 0.2) is 0 Å². The zero-order chi connectivity index (χ0) is 14.7. The molecule has 112 valence electrons. The molecule has 1 fully saturated rings. The molecule has 0 aliphatic carbocycles. The smallest absolute Gasteiger partial charge is 0.243 e. The summed E-state index contributed by atoms with van der Waals surface area (Å²) in [6.45, 7) is 2.03. The second-order valence-corrected chi connectivity index (χ2v) is 5.92. The quantitative estimate of drug-likeness (QED) is 0.793. The fourth-order valence-electron chi connectivity index (χ4n) is 2.67. The van der Waals surface area contributed by atoms with Crippen molar-refractivity contribution < 1.29 is 14.0 Å². The van der Waals surface area contributed by atoms with E-state index in [1.807, 2.05) is 42.5 Å². The van der Waals surface area contributed by atoms with Gasteiger partial charge in [0.25, 0.3) is 0 Å². The second kappa shape index (κ2) is 6.18. The molecule has 0 atom stereocenters. The SMILES string of the molecule is C[n+]1ccn(CC2(CCc3ccc(Cl)cc3)OCCO2)c1. The van der Waals surface area contributed by atoms with Gasteiger partial charge >= 0.3 is 0 Å². The summed E-state index contributed by atoms with van der Waals surface area (Å²) in [6, 6.07) is 7.96. The molecule has 1 aromatic heterocycles. The number of hydrogen-bond acceptors (Lipinski definition) is 2. The average Bonchev–Trinajstić information content (AvgIpc) is 3.09. The Labute approximate surface area is 129 Å². The van der Waals surface area contributed by atoms with E-state index in [1.165, 1.54) is 5.56 Å². The molecule has 1 aliphatic rings. The van der Waals surface area contributed by atoms with E-state index in [9.17, 15) is 0 Å². The van der Waals surface area contributed by atoms with Gasteiger partial charge in [-0.2, -0.15) is 0 Å². The molecule has 0 amide bonds. The van der Waals surface area contributed by atoms with Crippen LogP contribution in [0.2, 0.25) is 5.02 Å². The van der Waals surface area contributed by atoms with Crippen LogP contribution < -0.4 is 4.57 Å². The molecular formula is C16H20ClN2O2+. The molecule has 1 saturated heterocycles. The van der Waals surface area contributed by atoms with E-state index >= 15 is 0 Å². The van der Waals surface area contributed by atoms with Crippen molar-refractivity contribution in [1.82, 2.24) is 4.57 Å². The molecule has 0 unspecified atom stereocenters. The van der Waals surface area contributed by atoms with Crippen molar-refractivity contribution in [2.75, 3.05) is 13.2 Å². The highest BCUT2D eigenvalue weighted by atomic mass is 35.5.